The van der Waals surface area contributed by atoms with Crippen molar-refractivity contribution in [2.24, 2.45) is 0 Å². The molecule has 2 N–H and O–H groups in total. The van der Waals surface area contributed by atoms with Gasteiger partial charge in [0.1, 0.15) is 6.04 Å². The molecule has 1 saturated heterocycles. The van der Waals surface area contributed by atoms with Gasteiger partial charge in [-0.05, 0) is 81.0 Å². The summed E-state index contributed by atoms with van der Waals surface area (Å²) in [4.78, 5) is 33.6. The van der Waals surface area contributed by atoms with Crippen molar-refractivity contribution in [3.63, 3.8) is 0 Å². The van der Waals surface area contributed by atoms with Gasteiger partial charge >= 0.3 is 0 Å². The minimum Gasteiger partial charge on any atom is -0.493 e. The molecule has 1 atom stereocenters. The molecule has 0 aliphatic carbocycles. The monoisotopic (exact) mass is 686 g/mol. The molecule has 0 spiro atoms. The van der Waals surface area contributed by atoms with Gasteiger partial charge in [0.05, 0.1) is 12.7 Å². The lowest BCUT2D eigenvalue weighted by Crippen LogP contribution is -2.38. The van der Waals surface area contributed by atoms with E-state index in [0.29, 0.717) is 44.6 Å². The number of amides is 2. The van der Waals surface area contributed by atoms with Gasteiger partial charge in [-0.15, -0.1) is 5.10 Å². The number of carbonyl (C=O) groups is 2. The van der Waals surface area contributed by atoms with Gasteiger partial charge in [0.25, 0.3) is 11.8 Å². The van der Waals surface area contributed by atoms with Crippen LogP contribution in [0.25, 0.3) is 0 Å². The van der Waals surface area contributed by atoms with Gasteiger partial charge in [-0.1, -0.05) is 65.3 Å². The summed E-state index contributed by atoms with van der Waals surface area (Å²) in [6, 6.07) is 18.4. The smallest absolute Gasteiger partial charge is 0.260 e. The van der Waals surface area contributed by atoms with Crippen molar-refractivity contribution in [3.05, 3.63) is 99.2 Å². The lowest BCUT2D eigenvalue weighted by atomic mass is 9.94. The number of aromatic nitrogens is 3. The average Bonchev–Trinajstić information content (AvgIpc) is 3.50. The Bertz CT molecular complexity index is 1870. The number of nitrogens with one attached hydrogen (secondary N) is 2. The highest BCUT2D eigenvalue weighted by molar-refractivity contribution is 7.98. The Balaban J connectivity index is 1.32. The summed E-state index contributed by atoms with van der Waals surface area (Å²) >= 11 is 7.87. The van der Waals surface area contributed by atoms with Crippen molar-refractivity contribution in [2.75, 3.05) is 37.4 Å². The first kappa shape index (κ1) is 33.4. The summed E-state index contributed by atoms with van der Waals surface area (Å²) in [5, 5.41) is 12.5. The van der Waals surface area contributed by atoms with Crippen LogP contribution in [0.15, 0.2) is 77.1 Å². The van der Waals surface area contributed by atoms with Gasteiger partial charge in [0, 0.05) is 35.2 Å². The van der Waals surface area contributed by atoms with E-state index in [4.69, 9.17) is 31.2 Å². The summed E-state index contributed by atoms with van der Waals surface area (Å²) < 4.78 is 13.4. The Hall–Kier alpha value is -4.48. The highest BCUT2D eigenvalue weighted by Crippen LogP contribution is 2.40. The number of rotatable bonds is 10. The van der Waals surface area contributed by atoms with E-state index in [0.717, 1.165) is 60.3 Å². The maximum Gasteiger partial charge on any atom is 0.260 e. The SMILES string of the molecule is COc1cc(C2C(C(=O)Nc3ccc(C)cc3C)=C(C)Nc3nc(SCc4ccccc4Cl)nn32)ccc1OCC(=O)N1CCCCC1. The largest absolute Gasteiger partial charge is 0.493 e. The van der Waals surface area contributed by atoms with Crippen LogP contribution in [0.4, 0.5) is 11.6 Å². The maximum absolute atomic E-state index is 14.1. The third-order valence-electron chi connectivity index (χ3n) is 8.59. The summed E-state index contributed by atoms with van der Waals surface area (Å²) in [7, 11) is 1.56. The van der Waals surface area contributed by atoms with Crippen molar-refractivity contribution in [1.29, 1.82) is 0 Å². The van der Waals surface area contributed by atoms with Crippen molar-refractivity contribution in [2.45, 2.75) is 57.0 Å². The molecule has 4 aromatic rings. The first-order valence-corrected chi connectivity index (χ1v) is 17.4. The summed E-state index contributed by atoms with van der Waals surface area (Å²) in [6.45, 7) is 7.28. The molecule has 250 valence electrons. The number of likely N-dealkylation sites (tertiary alicyclic amines) is 1. The molecule has 6 rings (SSSR count). The molecule has 0 bridgehead atoms. The fourth-order valence-corrected chi connectivity index (χ4v) is 7.16. The van der Waals surface area contributed by atoms with Gasteiger partial charge in [0.2, 0.25) is 11.1 Å². The number of carbonyl (C=O) groups excluding carboxylic acids is 2. The minimum atomic E-state index is -0.646. The van der Waals surface area contributed by atoms with Crippen LogP contribution in [0, 0.1) is 13.8 Å². The number of hydrogen-bond acceptors (Lipinski definition) is 8. The highest BCUT2D eigenvalue weighted by atomic mass is 35.5. The predicted octanol–water partition coefficient (Wildman–Crippen LogP) is 7.17. The number of halogens is 1. The molecule has 1 aromatic heterocycles. The Morgan fingerprint density at radius 1 is 1.02 bits per heavy atom. The second kappa shape index (κ2) is 14.7. The van der Waals surface area contributed by atoms with Crippen LogP contribution in [0.5, 0.6) is 11.5 Å². The van der Waals surface area contributed by atoms with Crippen LogP contribution >= 0.6 is 23.4 Å². The Labute approximate surface area is 289 Å². The van der Waals surface area contributed by atoms with E-state index in [2.05, 4.69) is 10.6 Å². The van der Waals surface area contributed by atoms with Gasteiger partial charge in [-0.25, -0.2) is 4.68 Å². The third-order valence-corrected chi connectivity index (χ3v) is 9.84. The summed E-state index contributed by atoms with van der Waals surface area (Å²) in [5.74, 6) is 1.66. The number of anilines is 2. The standard InChI is InChI=1S/C36H39ClN6O4S/c1-22-12-14-28(23(2)18-22)39-34(45)32-24(3)38-35-40-36(48-21-26-10-6-7-11-27(26)37)41-43(35)33(32)25-13-15-29(30(19-25)46-4)47-20-31(44)42-16-8-5-9-17-42/h6-7,10-15,18-19,33H,5,8-9,16-17,20-21H2,1-4H3,(H,39,45)(H,38,40,41). The molecule has 1 unspecified atom stereocenters. The molecule has 12 heteroatoms. The van der Waals surface area contributed by atoms with Crippen LogP contribution in [0.3, 0.4) is 0 Å². The number of ether oxygens (including phenoxy) is 2. The predicted molar refractivity (Wildman–Crippen MR) is 189 cm³/mol. The molecule has 3 aromatic carbocycles. The zero-order valence-electron chi connectivity index (χ0n) is 27.5. The van der Waals surface area contributed by atoms with Crippen LogP contribution in [-0.4, -0.2) is 58.3 Å². The number of allylic oxidation sites excluding steroid dienone is 1. The van der Waals surface area contributed by atoms with Crippen molar-refractivity contribution < 1.29 is 19.1 Å². The van der Waals surface area contributed by atoms with Gasteiger partial charge < -0.3 is 25.0 Å². The van der Waals surface area contributed by atoms with Crippen LogP contribution < -0.4 is 20.1 Å². The molecule has 0 saturated carbocycles. The molecule has 2 amide bonds. The van der Waals surface area contributed by atoms with Crippen LogP contribution in [0.1, 0.15) is 54.5 Å². The molecular formula is C36H39ClN6O4S. The second-order valence-electron chi connectivity index (χ2n) is 12.0. The second-order valence-corrected chi connectivity index (χ2v) is 13.4. The van der Waals surface area contributed by atoms with E-state index in [1.807, 2.05) is 80.3 Å². The molecule has 2 aliphatic heterocycles. The van der Waals surface area contributed by atoms with E-state index in [1.165, 1.54) is 11.8 Å². The van der Waals surface area contributed by atoms with Gasteiger partial charge in [-0.3, -0.25) is 9.59 Å². The molecule has 0 radical (unpaired) electrons. The molecule has 48 heavy (non-hydrogen) atoms. The average molecular weight is 687 g/mol. The molecule has 10 nitrogen and oxygen atoms in total. The lowest BCUT2D eigenvalue weighted by molar-refractivity contribution is -0.134. The van der Waals surface area contributed by atoms with E-state index in [9.17, 15) is 9.59 Å². The normalized spacial score (nSPS) is 15.9. The van der Waals surface area contributed by atoms with Crippen LogP contribution in [0.2, 0.25) is 5.02 Å². The number of thioether (sulfide) groups is 1. The molecule has 3 heterocycles. The topological polar surface area (TPSA) is 111 Å². The van der Waals surface area contributed by atoms with Crippen molar-refractivity contribution in [3.8, 4) is 11.5 Å². The fraction of sp³-hybridized carbons (Fsp3) is 0.333. The molecule has 2 aliphatic rings. The third kappa shape index (κ3) is 7.32. The Morgan fingerprint density at radius 3 is 2.56 bits per heavy atom. The highest BCUT2D eigenvalue weighted by Gasteiger charge is 2.35. The van der Waals surface area contributed by atoms with Gasteiger partial charge in [0.15, 0.2) is 18.1 Å². The fourth-order valence-electron chi connectivity index (χ4n) is 6.04. The van der Waals surface area contributed by atoms with Crippen molar-refractivity contribution >= 4 is 46.8 Å². The van der Waals surface area contributed by atoms with Crippen molar-refractivity contribution in [1.82, 2.24) is 19.7 Å². The Morgan fingerprint density at radius 2 is 1.81 bits per heavy atom. The number of nitrogens with zero attached hydrogens (tertiary/aromatic N) is 4. The van der Waals surface area contributed by atoms with E-state index in [-0.39, 0.29) is 18.4 Å². The number of piperidine rings is 1. The zero-order valence-corrected chi connectivity index (χ0v) is 29.1. The van der Waals surface area contributed by atoms with E-state index < -0.39 is 6.04 Å². The maximum atomic E-state index is 14.1. The lowest BCUT2D eigenvalue weighted by Gasteiger charge is -2.29. The number of fused-ring (bicyclic) bond motifs is 1. The zero-order chi connectivity index (χ0) is 33.8. The van der Waals surface area contributed by atoms with Crippen LogP contribution in [-0.2, 0) is 15.3 Å². The quantitative estimate of drug-likeness (QED) is 0.169. The van der Waals surface area contributed by atoms with E-state index >= 15 is 0 Å². The van der Waals surface area contributed by atoms with E-state index in [1.54, 1.807) is 17.9 Å². The summed E-state index contributed by atoms with van der Waals surface area (Å²) in [5.41, 5.74) is 5.64. The first-order valence-electron chi connectivity index (χ1n) is 16.0. The number of methoxy groups -OCH3 is 1. The molecular weight excluding hydrogens is 648 g/mol. The van der Waals surface area contributed by atoms with Gasteiger partial charge in [-0.2, -0.15) is 4.98 Å². The molecule has 1 fully saturated rings. The number of aryl methyl sites for hydroxylation is 2. The first-order chi connectivity index (χ1) is 23.2. The Kier molecular flexibility index (Phi) is 10.3. The summed E-state index contributed by atoms with van der Waals surface area (Å²) in [6.07, 6.45) is 3.16. The number of hydrogen-bond donors (Lipinski definition) is 2. The number of benzene rings is 3. The minimum absolute atomic E-state index is 0.0443.